The first-order valence-corrected chi connectivity index (χ1v) is 8.81. The predicted octanol–water partition coefficient (Wildman–Crippen LogP) is 2.97. The van der Waals surface area contributed by atoms with Crippen LogP contribution in [-0.2, 0) is 18.4 Å². The van der Waals surface area contributed by atoms with Gasteiger partial charge in [-0.1, -0.05) is 42.5 Å². The average Bonchev–Trinajstić information content (AvgIpc) is 2.48. The lowest BCUT2D eigenvalue weighted by Crippen LogP contribution is -2.35. The van der Waals surface area contributed by atoms with Crippen LogP contribution in [-0.4, -0.2) is 36.6 Å². The van der Waals surface area contributed by atoms with Crippen LogP contribution in [0.3, 0.4) is 0 Å². The van der Waals surface area contributed by atoms with E-state index in [9.17, 15) is 14.5 Å². The van der Waals surface area contributed by atoms with Gasteiger partial charge in [0.25, 0.3) is 0 Å². The van der Waals surface area contributed by atoms with Crippen LogP contribution in [0.2, 0.25) is 0 Å². The van der Waals surface area contributed by atoms with Gasteiger partial charge in [0.1, 0.15) is 6.04 Å². The molecular weight excluding hydrogens is 305 g/mol. The number of carbonyl (C=O) groups is 1. The number of carboxylic acids is 1. The molecule has 0 saturated carbocycles. The lowest BCUT2D eigenvalue weighted by atomic mass is 10.2. The number of hydrogen-bond acceptors (Lipinski definition) is 5. The van der Waals surface area contributed by atoms with Gasteiger partial charge < -0.3 is 14.2 Å². The fourth-order valence-corrected chi connectivity index (χ4v) is 3.21. The highest BCUT2D eigenvalue weighted by Gasteiger charge is 2.26. The summed E-state index contributed by atoms with van der Waals surface area (Å²) in [4.78, 5) is 11.3. The van der Waals surface area contributed by atoms with Crippen molar-refractivity contribution in [3.05, 3.63) is 42.0 Å². The Hall–Kier alpha value is -1.46. The molecule has 2 N–H and O–H groups in total. The van der Waals surface area contributed by atoms with Crippen molar-refractivity contribution in [3.8, 4) is 0 Å². The molecular formula is C15H22NO5P. The van der Waals surface area contributed by atoms with Gasteiger partial charge in [0.15, 0.2) is 0 Å². The summed E-state index contributed by atoms with van der Waals surface area (Å²) in [6, 6.07) is 8.35. The van der Waals surface area contributed by atoms with Crippen LogP contribution >= 0.6 is 7.60 Å². The minimum absolute atomic E-state index is 0.162. The first-order valence-electron chi connectivity index (χ1n) is 7.08. The second-order valence-electron chi connectivity index (χ2n) is 4.39. The SMILES string of the molecule is CCOP(=O)(CNC(/C=C/c1ccccc1)C(=O)O)OCC. The number of hydrogen-bond donors (Lipinski definition) is 2. The Morgan fingerprint density at radius 2 is 1.86 bits per heavy atom. The van der Waals surface area contributed by atoms with Gasteiger partial charge in [0.2, 0.25) is 0 Å². The topological polar surface area (TPSA) is 84.9 Å². The molecule has 1 aromatic carbocycles. The molecule has 1 aromatic rings. The summed E-state index contributed by atoms with van der Waals surface area (Å²) in [5.41, 5.74) is 0.883. The summed E-state index contributed by atoms with van der Waals surface area (Å²) in [7, 11) is -3.32. The largest absolute Gasteiger partial charge is 0.480 e. The van der Waals surface area contributed by atoms with Gasteiger partial charge in [0.05, 0.1) is 19.5 Å². The van der Waals surface area contributed by atoms with Crippen molar-refractivity contribution in [3.63, 3.8) is 0 Å². The summed E-state index contributed by atoms with van der Waals surface area (Å²) < 4.78 is 22.5. The van der Waals surface area contributed by atoms with Gasteiger partial charge in [-0.15, -0.1) is 0 Å². The third-order valence-electron chi connectivity index (χ3n) is 2.70. The fraction of sp³-hybridized carbons (Fsp3) is 0.400. The van der Waals surface area contributed by atoms with E-state index in [0.29, 0.717) is 0 Å². The molecule has 0 radical (unpaired) electrons. The zero-order valence-electron chi connectivity index (χ0n) is 12.8. The summed E-state index contributed by atoms with van der Waals surface area (Å²) >= 11 is 0. The summed E-state index contributed by atoms with van der Waals surface area (Å²) in [6.07, 6.45) is 3.03. The van der Waals surface area contributed by atoms with Gasteiger partial charge in [-0.05, 0) is 19.4 Å². The van der Waals surface area contributed by atoms with Gasteiger partial charge in [-0.2, -0.15) is 0 Å². The second kappa shape index (κ2) is 9.54. The molecule has 0 saturated heterocycles. The molecule has 1 rings (SSSR count). The number of nitrogens with one attached hydrogen (secondary N) is 1. The molecule has 0 aliphatic heterocycles. The van der Waals surface area contributed by atoms with Crippen LogP contribution in [0.5, 0.6) is 0 Å². The van der Waals surface area contributed by atoms with Crippen LogP contribution in [0.15, 0.2) is 36.4 Å². The summed E-state index contributed by atoms with van der Waals surface area (Å²) in [5, 5.41) is 11.9. The molecule has 0 fully saturated rings. The normalized spacial score (nSPS) is 13.4. The molecule has 0 aliphatic rings. The Labute approximate surface area is 130 Å². The van der Waals surface area contributed by atoms with Crippen molar-refractivity contribution in [2.75, 3.05) is 19.5 Å². The average molecular weight is 327 g/mol. The number of benzene rings is 1. The maximum Gasteiger partial charge on any atom is 0.344 e. The third kappa shape index (κ3) is 6.54. The zero-order valence-corrected chi connectivity index (χ0v) is 13.7. The van der Waals surface area contributed by atoms with E-state index in [1.165, 1.54) is 6.08 Å². The molecule has 7 heteroatoms. The first kappa shape index (κ1) is 18.6. The Morgan fingerprint density at radius 3 is 2.36 bits per heavy atom. The fourth-order valence-electron chi connectivity index (χ4n) is 1.74. The van der Waals surface area contributed by atoms with Crippen molar-refractivity contribution in [2.45, 2.75) is 19.9 Å². The van der Waals surface area contributed by atoms with E-state index in [1.54, 1.807) is 19.9 Å². The number of rotatable bonds is 10. The van der Waals surface area contributed by atoms with Crippen molar-refractivity contribution < 1.29 is 23.5 Å². The molecule has 0 bridgehead atoms. The minimum Gasteiger partial charge on any atom is -0.480 e. The van der Waals surface area contributed by atoms with Crippen LogP contribution in [0, 0.1) is 0 Å². The quantitative estimate of drug-likeness (QED) is 0.643. The van der Waals surface area contributed by atoms with Crippen molar-refractivity contribution in [1.82, 2.24) is 5.32 Å². The maximum absolute atomic E-state index is 12.3. The molecule has 0 heterocycles. The number of aliphatic carboxylic acids is 1. The number of carboxylic acid groups (broad SMARTS) is 1. The molecule has 6 nitrogen and oxygen atoms in total. The lowest BCUT2D eigenvalue weighted by molar-refractivity contribution is -0.138. The minimum atomic E-state index is -3.32. The molecule has 22 heavy (non-hydrogen) atoms. The molecule has 0 aromatic heterocycles. The Kier molecular flexibility index (Phi) is 8.06. The van der Waals surface area contributed by atoms with E-state index in [1.807, 2.05) is 30.3 Å². The van der Waals surface area contributed by atoms with Gasteiger partial charge in [0, 0.05) is 0 Å². The lowest BCUT2D eigenvalue weighted by Gasteiger charge is -2.19. The van der Waals surface area contributed by atoms with Gasteiger partial charge in [-0.25, -0.2) is 0 Å². The van der Waals surface area contributed by atoms with E-state index >= 15 is 0 Å². The van der Waals surface area contributed by atoms with Crippen molar-refractivity contribution in [1.29, 1.82) is 0 Å². The van der Waals surface area contributed by atoms with E-state index in [4.69, 9.17) is 9.05 Å². The van der Waals surface area contributed by atoms with E-state index < -0.39 is 19.6 Å². The maximum atomic E-state index is 12.3. The molecule has 0 spiro atoms. The Morgan fingerprint density at radius 1 is 1.27 bits per heavy atom. The monoisotopic (exact) mass is 327 g/mol. The Balaban J connectivity index is 2.70. The standard InChI is InChI=1S/C15H22NO5P/c1-3-20-22(19,21-4-2)12-16-14(15(17)18)11-10-13-8-6-5-7-9-13/h5-11,14,16H,3-4,12H2,1-2H3,(H,17,18)/b11-10+. The van der Waals surface area contributed by atoms with Crippen molar-refractivity contribution >= 4 is 19.6 Å². The highest BCUT2D eigenvalue weighted by Crippen LogP contribution is 2.46. The van der Waals surface area contributed by atoms with Gasteiger partial charge in [-0.3, -0.25) is 14.7 Å². The first-order chi connectivity index (χ1) is 10.5. The van der Waals surface area contributed by atoms with Crippen LogP contribution in [0.4, 0.5) is 0 Å². The van der Waals surface area contributed by atoms with E-state index in [0.717, 1.165) is 5.56 Å². The summed E-state index contributed by atoms with van der Waals surface area (Å²) in [5.74, 6) is -1.06. The van der Waals surface area contributed by atoms with E-state index in [2.05, 4.69) is 5.32 Å². The molecule has 1 atom stereocenters. The Bertz CT molecular complexity index is 522. The van der Waals surface area contributed by atoms with Crippen molar-refractivity contribution in [2.24, 2.45) is 0 Å². The molecule has 0 amide bonds. The van der Waals surface area contributed by atoms with Gasteiger partial charge >= 0.3 is 13.6 Å². The highest BCUT2D eigenvalue weighted by molar-refractivity contribution is 7.53. The van der Waals surface area contributed by atoms with Crippen LogP contribution in [0.1, 0.15) is 19.4 Å². The van der Waals surface area contributed by atoms with E-state index in [-0.39, 0.29) is 19.5 Å². The smallest absolute Gasteiger partial charge is 0.344 e. The third-order valence-corrected chi connectivity index (χ3v) is 4.58. The highest BCUT2D eigenvalue weighted by atomic mass is 31.2. The van der Waals surface area contributed by atoms with Crippen LogP contribution < -0.4 is 5.32 Å². The summed E-state index contributed by atoms with van der Waals surface area (Å²) in [6.45, 7) is 3.87. The molecule has 122 valence electrons. The molecule has 1 unspecified atom stereocenters. The zero-order chi connectivity index (χ0) is 16.4. The second-order valence-corrected chi connectivity index (χ2v) is 6.45. The predicted molar refractivity (Wildman–Crippen MR) is 85.8 cm³/mol. The molecule has 0 aliphatic carbocycles. The van der Waals surface area contributed by atoms with Crippen LogP contribution in [0.25, 0.3) is 6.08 Å².